The second-order valence-electron chi connectivity index (χ2n) is 7.20. The van der Waals surface area contributed by atoms with Crippen molar-refractivity contribution in [2.75, 3.05) is 13.2 Å². The number of nitrogens with two attached hydrogens (primary N) is 3. The third-order valence-corrected chi connectivity index (χ3v) is 4.42. The van der Waals surface area contributed by atoms with Crippen LogP contribution < -0.4 is 33.2 Å². The minimum atomic E-state index is -1.70. The van der Waals surface area contributed by atoms with Crippen LogP contribution in [0.2, 0.25) is 0 Å². The molecule has 0 aliphatic heterocycles. The molecule has 0 aliphatic carbocycles. The highest BCUT2D eigenvalue weighted by molar-refractivity contribution is 5.96. The number of carbonyl (C=O) groups excluding carboxylic acids is 4. The van der Waals surface area contributed by atoms with Gasteiger partial charge in [-0.3, -0.25) is 24.0 Å². The summed E-state index contributed by atoms with van der Waals surface area (Å²) in [5, 5.41) is 33.3. The normalized spacial score (nSPS) is 14.3. The second kappa shape index (κ2) is 15.5. The van der Waals surface area contributed by atoms with Gasteiger partial charge in [-0.15, -0.1) is 0 Å². The third kappa shape index (κ3) is 12.4. The lowest BCUT2D eigenvalue weighted by Crippen LogP contribution is -2.58. The van der Waals surface area contributed by atoms with Crippen LogP contribution in [0, 0.1) is 0 Å². The Labute approximate surface area is 189 Å². The van der Waals surface area contributed by atoms with Crippen molar-refractivity contribution in [3.05, 3.63) is 0 Å². The Morgan fingerprint density at radius 3 is 1.82 bits per heavy atom. The van der Waals surface area contributed by atoms with Gasteiger partial charge in [-0.05, 0) is 25.8 Å². The molecular formula is C18H32N6O9. The van der Waals surface area contributed by atoms with Crippen LogP contribution in [-0.4, -0.2) is 88.2 Å². The van der Waals surface area contributed by atoms with Gasteiger partial charge in [-0.1, -0.05) is 6.42 Å². The highest BCUT2D eigenvalue weighted by Gasteiger charge is 2.31. The third-order valence-electron chi connectivity index (χ3n) is 4.42. The van der Waals surface area contributed by atoms with Crippen molar-refractivity contribution in [1.82, 2.24) is 16.0 Å². The number of aliphatic carboxylic acids is 2. The molecule has 33 heavy (non-hydrogen) atoms. The van der Waals surface area contributed by atoms with E-state index in [4.69, 9.17) is 32.5 Å². The molecule has 15 heteroatoms. The van der Waals surface area contributed by atoms with Gasteiger partial charge in [-0.25, -0.2) is 4.79 Å². The average Bonchev–Trinajstić information content (AvgIpc) is 2.73. The van der Waals surface area contributed by atoms with Gasteiger partial charge in [0.05, 0.1) is 19.1 Å². The van der Waals surface area contributed by atoms with Crippen molar-refractivity contribution >= 4 is 35.6 Å². The maximum atomic E-state index is 12.7. The minimum absolute atomic E-state index is 0.259. The Balaban J connectivity index is 5.41. The van der Waals surface area contributed by atoms with Crippen LogP contribution >= 0.6 is 0 Å². The van der Waals surface area contributed by atoms with E-state index in [0.29, 0.717) is 19.4 Å². The molecule has 0 aromatic carbocycles. The lowest BCUT2D eigenvalue weighted by atomic mass is 10.1. The largest absolute Gasteiger partial charge is 0.481 e. The fourth-order valence-electron chi connectivity index (χ4n) is 2.60. The minimum Gasteiger partial charge on any atom is -0.481 e. The van der Waals surface area contributed by atoms with Crippen LogP contribution in [0.1, 0.15) is 38.5 Å². The van der Waals surface area contributed by atoms with Crippen LogP contribution in [0.25, 0.3) is 0 Å². The summed E-state index contributed by atoms with van der Waals surface area (Å²) >= 11 is 0. The molecule has 12 N–H and O–H groups in total. The number of primary amides is 1. The Morgan fingerprint density at radius 1 is 0.788 bits per heavy atom. The summed E-state index contributed by atoms with van der Waals surface area (Å²) in [6.45, 7) is -0.553. The monoisotopic (exact) mass is 476 g/mol. The standard InChI is InChI=1S/C18H32N6O9/c19-6-2-1-3-9(20)15(29)23-11(7-13(21)26)17(31)22-10(4-5-14(27)28)16(30)24-12(8-25)18(32)33/h9-12,25H,1-8,19-20H2,(H2,21,26)(H,22,31)(H,23,29)(H,24,30)(H,27,28)(H,32,33). The molecule has 0 fully saturated rings. The van der Waals surface area contributed by atoms with Gasteiger partial charge < -0.3 is 48.5 Å². The number of carboxylic acid groups (broad SMARTS) is 2. The number of carbonyl (C=O) groups is 6. The van der Waals surface area contributed by atoms with Gasteiger partial charge in [0.1, 0.15) is 18.1 Å². The van der Waals surface area contributed by atoms with E-state index >= 15 is 0 Å². The van der Waals surface area contributed by atoms with Gasteiger partial charge >= 0.3 is 11.9 Å². The fraction of sp³-hybridized carbons (Fsp3) is 0.667. The Hall–Kier alpha value is -3.30. The SMILES string of the molecule is NCCCCC(N)C(=O)NC(CC(N)=O)C(=O)NC(CCC(=O)O)C(=O)NC(CO)C(=O)O. The van der Waals surface area contributed by atoms with Crippen molar-refractivity contribution in [3.63, 3.8) is 0 Å². The number of hydrogen-bond donors (Lipinski definition) is 9. The van der Waals surface area contributed by atoms with Gasteiger partial charge in [0.15, 0.2) is 0 Å². The summed E-state index contributed by atoms with van der Waals surface area (Å²) in [6.07, 6.45) is -0.235. The van der Waals surface area contributed by atoms with E-state index in [0.717, 1.165) is 0 Å². The number of nitrogens with one attached hydrogen (secondary N) is 3. The molecule has 4 unspecified atom stereocenters. The number of aliphatic hydroxyl groups excluding tert-OH is 1. The maximum absolute atomic E-state index is 12.7. The number of amides is 4. The molecule has 0 spiro atoms. The number of hydrogen-bond acceptors (Lipinski definition) is 9. The first-order valence-electron chi connectivity index (χ1n) is 10.1. The van der Waals surface area contributed by atoms with E-state index in [9.17, 15) is 28.8 Å². The lowest BCUT2D eigenvalue weighted by molar-refractivity contribution is -0.144. The Kier molecular flexibility index (Phi) is 13.9. The van der Waals surface area contributed by atoms with Gasteiger partial charge in [0.25, 0.3) is 0 Å². The molecule has 0 radical (unpaired) electrons. The summed E-state index contributed by atoms with van der Waals surface area (Å²) in [4.78, 5) is 70.6. The number of aliphatic hydroxyl groups is 1. The van der Waals surface area contributed by atoms with Crippen LogP contribution in [0.3, 0.4) is 0 Å². The summed E-state index contributed by atoms with van der Waals surface area (Å²) in [5.41, 5.74) is 16.3. The lowest BCUT2D eigenvalue weighted by Gasteiger charge is -2.24. The molecule has 0 rings (SSSR count). The zero-order valence-corrected chi connectivity index (χ0v) is 18.0. The van der Waals surface area contributed by atoms with E-state index < -0.39 is 85.6 Å². The zero-order chi connectivity index (χ0) is 25.6. The molecule has 0 aliphatic rings. The molecule has 4 amide bonds. The van der Waals surface area contributed by atoms with Crippen LogP contribution in [0.15, 0.2) is 0 Å². The van der Waals surface area contributed by atoms with Crippen molar-refractivity contribution < 1.29 is 44.1 Å². The van der Waals surface area contributed by atoms with E-state index in [-0.39, 0.29) is 6.42 Å². The van der Waals surface area contributed by atoms with Crippen LogP contribution in [-0.2, 0) is 28.8 Å². The van der Waals surface area contributed by atoms with Crippen molar-refractivity contribution in [2.45, 2.75) is 62.7 Å². The molecule has 0 aromatic heterocycles. The van der Waals surface area contributed by atoms with Crippen molar-refractivity contribution in [3.8, 4) is 0 Å². The predicted molar refractivity (Wildman–Crippen MR) is 112 cm³/mol. The Morgan fingerprint density at radius 2 is 1.33 bits per heavy atom. The predicted octanol–water partition coefficient (Wildman–Crippen LogP) is -4.29. The van der Waals surface area contributed by atoms with Crippen molar-refractivity contribution in [1.29, 1.82) is 0 Å². The van der Waals surface area contributed by atoms with Crippen LogP contribution in [0.4, 0.5) is 0 Å². The van der Waals surface area contributed by atoms with Crippen molar-refractivity contribution in [2.24, 2.45) is 17.2 Å². The van der Waals surface area contributed by atoms with Gasteiger partial charge in [-0.2, -0.15) is 0 Å². The first kappa shape index (κ1) is 29.7. The number of unbranched alkanes of at least 4 members (excludes halogenated alkanes) is 1. The molecule has 4 atom stereocenters. The van der Waals surface area contributed by atoms with Crippen LogP contribution in [0.5, 0.6) is 0 Å². The Bertz CT molecular complexity index is 718. The molecule has 0 aromatic rings. The quantitative estimate of drug-likeness (QED) is 0.0905. The first-order chi connectivity index (χ1) is 15.4. The molecular weight excluding hydrogens is 444 g/mol. The molecule has 0 heterocycles. The number of rotatable bonds is 17. The fourth-order valence-corrected chi connectivity index (χ4v) is 2.60. The smallest absolute Gasteiger partial charge is 0.328 e. The van der Waals surface area contributed by atoms with E-state index in [1.807, 2.05) is 5.32 Å². The molecule has 0 bridgehead atoms. The summed E-state index contributed by atoms with van der Waals surface area (Å²) in [7, 11) is 0. The van der Waals surface area contributed by atoms with E-state index in [2.05, 4.69) is 10.6 Å². The summed E-state index contributed by atoms with van der Waals surface area (Å²) in [6, 6.07) is -5.78. The molecule has 15 nitrogen and oxygen atoms in total. The first-order valence-corrected chi connectivity index (χ1v) is 10.1. The van der Waals surface area contributed by atoms with E-state index in [1.54, 1.807) is 0 Å². The highest BCUT2D eigenvalue weighted by atomic mass is 16.4. The second-order valence-corrected chi connectivity index (χ2v) is 7.20. The van der Waals surface area contributed by atoms with Gasteiger partial charge in [0, 0.05) is 6.42 Å². The van der Waals surface area contributed by atoms with E-state index in [1.165, 1.54) is 0 Å². The maximum Gasteiger partial charge on any atom is 0.328 e. The van der Waals surface area contributed by atoms with Gasteiger partial charge in [0.2, 0.25) is 23.6 Å². The molecule has 0 saturated carbocycles. The topological polar surface area (TPSA) is 277 Å². The summed E-state index contributed by atoms with van der Waals surface area (Å²) < 4.78 is 0. The summed E-state index contributed by atoms with van der Waals surface area (Å²) in [5.74, 6) is -6.71. The zero-order valence-electron chi connectivity index (χ0n) is 18.0. The average molecular weight is 476 g/mol. The highest BCUT2D eigenvalue weighted by Crippen LogP contribution is 2.04. The number of carboxylic acids is 2. The molecule has 0 saturated heterocycles. The molecule has 188 valence electrons.